The largest absolute Gasteiger partial charge is 0.403 e. The molecule has 0 aromatic rings. The van der Waals surface area contributed by atoms with Gasteiger partial charge in [-0.2, -0.15) is 5.48 Å². The van der Waals surface area contributed by atoms with E-state index < -0.39 is 0 Å². The van der Waals surface area contributed by atoms with E-state index in [0.717, 1.165) is 0 Å². The molecule has 0 amide bonds. The van der Waals surface area contributed by atoms with E-state index in [9.17, 15) is 0 Å². The SMILES string of the molecule is ClC1=[C]ONC1. The van der Waals surface area contributed by atoms with Gasteiger partial charge < -0.3 is 4.84 Å². The standard InChI is InChI=1S/C3H3ClNO/c4-3-1-5-6-2-3/h5H,1H2. The summed E-state index contributed by atoms with van der Waals surface area (Å²) in [5.74, 6) is 0. The Hall–Kier alpha value is -0.210. The summed E-state index contributed by atoms with van der Waals surface area (Å²) in [4.78, 5) is 4.39. The smallest absolute Gasteiger partial charge is 0.208 e. The molecular formula is C3H3ClNO. The van der Waals surface area contributed by atoms with E-state index in [1.807, 2.05) is 0 Å². The first-order valence-electron chi connectivity index (χ1n) is 1.55. The molecule has 0 saturated carbocycles. The average molecular weight is 105 g/mol. The van der Waals surface area contributed by atoms with Crippen molar-refractivity contribution < 1.29 is 4.84 Å². The number of nitrogens with one attached hydrogen (secondary N) is 1. The van der Waals surface area contributed by atoms with Crippen LogP contribution in [-0.4, -0.2) is 6.54 Å². The molecule has 1 radical (unpaired) electrons. The molecule has 1 aliphatic rings. The molecule has 0 unspecified atom stereocenters. The van der Waals surface area contributed by atoms with Crippen LogP contribution in [-0.2, 0) is 4.84 Å². The second-order valence-electron chi connectivity index (χ2n) is 0.930. The maximum atomic E-state index is 5.33. The normalized spacial score (nSPS) is 19.8. The van der Waals surface area contributed by atoms with Crippen LogP contribution in [0.15, 0.2) is 5.03 Å². The predicted molar refractivity (Wildman–Crippen MR) is 21.7 cm³/mol. The molecule has 1 aliphatic heterocycles. The molecule has 1 heterocycles. The summed E-state index contributed by atoms with van der Waals surface area (Å²) in [5.41, 5.74) is 2.49. The van der Waals surface area contributed by atoms with Gasteiger partial charge in [-0.3, -0.25) is 0 Å². The number of hydrogen-bond acceptors (Lipinski definition) is 2. The molecular weight excluding hydrogens is 101 g/mol. The fraction of sp³-hybridized carbons (Fsp3) is 0.333. The maximum Gasteiger partial charge on any atom is 0.208 e. The summed E-state index contributed by atoms with van der Waals surface area (Å²) in [6, 6.07) is 0. The van der Waals surface area contributed by atoms with Crippen LogP contribution in [0.25, 0.3) is 0 Å². The molecule has 0 aliphatic carbocycles. The Labute approximate surface area is 40.7 Å². The first-order valence-corrected chi connectivity index (χ1v) is 1.93. The molecule has 0 aromatic heterocycles. The molecule has 6 heavy (non-hydrogen) atoms. The highest BCUT2D eigenvalue weighted by Gasteiger charge is 1.98. The van der Waals surface area contributed by atoms with Crippen LogP contribution in [0.1, 0.15) is 0 Å². The molecule has 2 nitrogen and oxygen atoms in total. The van der Waals surface area contributed by atoms with Crippen molar-refractivity contribution in [2.75, 3.05) is 6.54 Å². The van der Waals surface area contributed by atoms with Crippen LogP contribution in [0.3, 0.4) is 0 Å². The summed E-state index contributed by atoms with van der Waals surface area (Å²) in [6.45, 7) is 0.585. The van der Waals surface area contributed by atoms with Gasteiger partial charge in [-0.25, -0.2) is 0 Å². The topological polar surface area (TPSA) is 21.3 Å². The lowest BCUT2D eigenvalue weighted by atomic mass is 10.7. The Morgan fingerprint density at radius 2 is 2.83 bits per heavy atom. The maximum absolute atomic E-state index is 5.33. The summed E-state index contributed by atoms with van der Waals surface area (Å²) in [6.07, 6.45) is 2.39. The van der Waals surface area contributed by atoms with Crippen LogP contribution < -0.4 is 5.48 Å². The van der Waals surface area contributed by atoms with Gasteiger partial charge in [-0.1, -0.05) is 11.6 Å². The lowest BCUT2D eigenvalue weighted by Crippen LogP contribution is -2.03. The fourth-order valence-corrected chi connectivity index (χ4v) is 0.320. The van der Waals surface area contributed by atoms with E-state index >= 15 is 0 Å². The van der Waals surface area contributed by atoms with Crippen LogP contribution in [0.4, 0.5) is 0 Å². The summed E-state index contributed by atoms with van der Waals surface area (Å²) in [7, 11) is 0. The zero-order chi connectivity index (χ0) is 4.41. The molecule has 0 bridgehead atoms. The van der Waals surface area contributed by atoms with Crippen LogP contribution in [0.2, 0.25) is 0 Å². The van der Waals surface area contributed by atoms with E-state index in [0.29, 0.717) is 11.6 Å². The molecule has 1 rings (SSSR count). The third-order valence-electron chi connectivity index (χ3n) is 0.461. The molecule has 3 heteroatoms. The summed E-state index contributed by atoms with van der Waals surface area (Å²) >= 11 is 5.33. The third kappa shape index (κ3) is 0.640. The highest BCUT2D eigenvalue weighted by molar-refractivity contribution is 6.29. The number of hydrogen-bond donors (Lipinski definition) is 1. The number of hydroxylamine groups is 1. The molecule has 0 spiro atoms. The molecule has 0 aromatic carbocycles. The van der Waals surface area contributed by atoms with E-state index in [1.165, 1.54) is 0 Å². The van der Waals surface area contributed by atoms with Crippen LogP contribution in [0.5, 0.6) is 0 Å². The zero-order valence-corrected chi connectivity index (χ0v) is 3.75. The Morgan fingerprint density at radius 1 is 2.00 bits per heavy atom. The minimum atomic E-state index is 0.585. The lowest BCUT2D eigenvalue weighted by molar-refractivity contribution is 0.151. The molecule has 0 saturated heterocycles. The Morgan fingerprint density at radius 3 is 3.00 bits per heavy atom. The van der Waals surface area contributed by atoms with Gasteiger partial charge in [0.2, 0.25) is 6.26 Å². The van der Waals surface area contributed by atoms with Crippen molar-refractivity contribution in [1.82, 2.24) is 5.48 Å². The van der Waals surface area contributed by atoms with Gasteiger partial charge in [0, 0.05) is 0 Å². The Balaban J connectivity index is 2.45. The van der Waals surface area contributed by atoms with E-state index in [4.69, 9.17) is 11.6 Å². The molecule has 1 N–H and O–H groups in total. The van der Waals surface area contributed by atoms with Gasteiger partial charge >= 0.3 is 0 Å². The number of rotatable bonds is 0. The first kappa shape index (κ1) is 3.96. The van der Waals surface area contributed by atoms with E-state index in [1.54, 1.807) is 0 Å². The van der Waals surface area contributed by atoms with Gasteiger partial charge in [0.1, 0.15) is 0 Å². The van der Waals surface area contributed by atoms with Crippen molar-refractivity contribution in [3.63, 3.8) is 0 Å². The van der Waals surface area contributed by atoms with Gasteiger partial charge in [-0.05, 0) is 0 Å². The van der Waals surface area contributed by atoms with Crippen molar-refractivity contribution in [3.8, 4) is 0 Å². The van der Waals surface area contributed by atoms with Crippen LogP contribution >= 0.6 is 11.6 Å². The van der Waals surface area contributed by atoms with Crippen LogP contribution in [0, 0.1) is 6.26 Å². The van der Waals surface area contributed by atoms with Gasteiger partial charge in [0.25, 0.3) is 0 Å². The van der Waals surface area contributed by atoms with E-state index in [2.05, 4.69) is 16.6 Å². The summed E-state index contributed by atoms with van der Waals surface area (Å²) < 4.78 is 0. The van der Waals surface area contributed by atoms with Crippen molar-refractivity contribution >= 4 is 11.6 Å². The monoisotopic (exact) mass is 104 g/mol. The highest BCUT2D eigenvalue weighted by Crippen LogP contribution is 2.01. The van der Waals surface area contributed by atoms with Crippen molar-refractivity contribution in [1.29, 1.82) is 0 Å². The molecule has 33 valence electrons. The van der Waals surface area contributed by atoms with Gasteiger partial charge in [0.15, 0.2) is 0 Å². The lowest BCUT2D eigenvalue weighted by Gasteiger charge is -1.82. The first-order chi connectivity index (χ1) is 2.89. The highest BCUT2D eigenvalue weighted by atomic mass is 35.5. The number of halogens is 1. The zero-order valence-electron chi connectivity index (χ0n) is 2.99. The molecule has 0 atom stereocenters. The van der Waals surface area contributed by atoms with Gasteiger partial charge in [-0.15, -0.1) is 0 Å². The van der Waals surface area contributed by atoms with Crippen molar-refractivity contribution in [2.24, 2.45) is 0 Å². The quantitative estimate of drug-likeness (QED) is 0.481. The van der Waals surface area contributed by atoms with Gasteiger partial charge in [0.05, 0.1) is 11.6 Å². The Kier molecular flexibility index (Phi) is 0.986. The van der Waals surface area contributed by atoms with Crippen molar-refractivity contribution in [3.05, 3.63) is 11.3 Å². The predicted octanol–water partition coefficient (Wildman–Crippen LogP) is 0.405. The van der Waals surface area contributed by atoms with Crippen molar-refractivity contribution in [2.45, 2.75) is 0 Å². The third-order valence-corrected chi connectivity index (χ3v) is 0.672. The average Bonchev–Trinajstić information content (AvgIpc) is 1.86. The molecule has 0 fully saturated rings. The minimum Gasteiger partial charge on any atom is -0.403 e. The second kappa shape index (κ2) is 1.49. The second-order valence-corrected chi connectivity index (χ2v) is 1.39. The Bertz CT molecular complexity index is 80.9. The summed E-state index contributed by atoms with van der Waals surface area (Å²) in [5, 5.41) is 0.593. The van der Waals surface area contributed by atoms with E-state index in [-0.39, 0.29) is 0 Å². The fourth-order valence-electron chi connectivity index (χ4n) is 0.227. The minimum absolute atomic E-state index is 0.585.